The molecule has 4 rings (SSSR count). The van der Waals surface area contributed by atoms with Gasteiger partial charge in [0.25, 0.3) is 11.8 Å². The summed E-state index contributed by atoms with van der Waals surface area (Å²) in [5.41, 5.74) is -0.0532. The molecule has 31 heavy (non-hydrogen) atoms. The first-order valence-corrected chi connectivity index (χ1v) is 11.2. The van der Waals surface area contributed by atoms with Gasteiger partial charge in [-0.05, 0) is 46.3 Å². The van der Waals surface area contributed by atoms with E-state index in [-0.39, 0.29) is 25.7 Å². The third-order valence-corrected chi connectivity index (χ3v) is 6.82. The molecule has 1 aromatic carbocycles. The van der Waals surface area contributed by atoms with E-state index in [4.69, 9.17) is 21.1 Å². The molecule has 2 saturated heterocycles. The lowest BCUT2D eigenvalue weighted by atomic mass is 9.95. The summed E-state index contributed by atoms with van der Waals surface area (Å²) < 4.78 is 11.3. The highest BCUT2D eigenvalue weighted by Crippen LogP contribution is 2.31. The van der Waals surface area contributed by atoms with Gasteiger partial charge in [-0.2, -0.15) is 0 Å². The van der Waals surface area contributed by atoms with Gasteiger partial charge >= 0.3 is 0 Å². The highest BCUT2D eigenvalue weighted by molar-refractivity contribution is 9.11. The van der Waals surface area contributed by atoms with Gasteiger partial charge in [0.15, 0.2) is 11.4 Å². The van der Waals surface area contributed by atoms with E-state index >= 15 is 0 Å². The van der Waals surface area contributed by atoms with Crippen LogP contribution >= 0.6 is 38.9 Å². The van der Waals surface area contributed by atoms with Crippen LogP contribution in [-0.4, -0.2) is 61.4 Å². The Balaban J connectivity index is 1.47. The lowest BCUT2D eigenvalue weighted by molar-refractivity contribution is -0.141. The molecule has 0 bridgehead atoms. The van der Waals surface area contributed by atoms with Crippen LogP contribution < -0.4 is 15.5 Å². The number of hydrogen-bond donors (Lipinski definition) is 3. The van der Waals surface area contributed by atoms with Crippen molar-refractivity contribution in [3.8, 4) is 0 Å². The summed E-state index contributed by atoms with van der Waals surface area (Å²) in [6.45, 7) is 1.28. The largest absolute Gasteiger partial charge is 0.409 e. The fourth-order valence-electron chi connectivity index (χ4n) is 3.20. The first-order valence-electron chi connectivity index (χ1n) is 9.25. The lowest BCUT2D eigenvalue weighted by Gasteiger charge is -2.40. The molecule has 0 unspecified atom stereocenters. The quantitative estimate of drug-likeness (QED) is 0.406. The Morgan fingerprint density at radius 2 is 2.06 bits per heavy atom. The molecule has 0 saturated carbocycles. The predicted molar refractivity (Wildman–Crippen MR) is 121 cm³/mol. The number of carbonyl (C=O) groups excluding carboxylic acids is 2. The zero-order valence-corrected chi connectivity index (χ0v) is 19.2. The van der Waals surface area contributed by atoms with E-state index in [0.717, 1.165) is 3.79 Å². The molecule has 2 aliphatic rings. The van der Waals surface area contributed by atoms with Crippen LogP contribution in [0.25, 0.3) is 0 Å². The van der Waals surface area contributed by atoms with Gasteiger partial charge in [-0.3, -0.25) is 9.59 Å². The van der Waals surface area contributed by atoms with Crippen LogP contribution in [0.1, 0.15) is 9.67 Å². The van der Waals surface area contributed by atoms with Crippen molar-refractivity contribution in [3.63, 3.8) is 0 Å². The van der Waals surface area contributed by atoms with E-state index in [9.17, 15) is 14.8 Å². The van der Waals surface area contributed by atoms with Gasteiger partial charge < -0.3 is 30.2 Å². The SMILES string of the molecule is O=C(NC1(C(=O)Nc2ccc(N3CCOCC3=NO)c(Cl)c2)COC1)c1ccc(Br)s1. The van der Waals surface area contributed by atoms with Gasteiger partial charge in [-0.25, -0.2) is 0 Å². The van der Waals surface area contributed by atoms with Gasteiger partial charge in [-0.15, -0.1) is 11.3 Å². The molecule has 9 nitrogen and oxygen atoms in total. The molecule has 3 heterocycles. The highest BCUT2D eigenvalue weighted by atomic mass is 79.9. The number of thiophene rings is 1. The Morgan fingerprint density at radius 1 is 1.26 bits per heavy atom. The summed E-state index contributed by atoms with van der Waals surface area (Å²) in [6, 6.07) is 8.47. The number of ether oxygens (including phenoxy) is 2. The number of carbonyl (C=O) groups is 2. The van der Waals surface area contributed by atoms with Crippen LogP contribution in [0.5, 0.6) is 0 Å². The van der Waals surface area contributed by atoms with Crippen LogP contribution in [-0.2, 0) is 14.3 Å². The third-order valence-electron chi connectivity index (χ3n) is 4.90. The van der Waals surface area contributed by atoms with Crippen molar-refractivity contribution in [2.24, 2.45) is 5.16 Å². The summed E-state index contributed by atoms with van der Waals surface area (Å²) in [7, 11) is 0. The molecular weight excluding hydrogens is 512 g/mol. The lowest BCUT2D eigenvalue weighted by Crippen LogP contribution is -2.68. The molecule has 0 atom stereocenters. The Hall–Kier alpha value is -2.18. The Bertz CT molecular complexity index is 1040. The van der Waals surface area contributed by atoms with Gasteiger partial charge in [0.05, 0.1) is 39.2 Å². The Kier molecular flexibility index (Phi) is 6.49. The molecular formula is C19H18BrClN4O5S. The zero-order chi connectivity index (χ0) is 22.0. The van der Waals surface area contributed by atoms with Crippen LogP contribution in [0.3, 0.4) is 0 Å². The van der Waals surface area contributed by atoms with E-state index in [1.54, 1.807) is 35.2 Å². The number of nitrogens with one attached hydrogen (secondary N) is 2. The maximum atomic E-state index is 13.0. The topological polar surface area (TPSA) is 112 Å². The highest BCUT2D eigenvalue weighted by Gasteiger charge is 2.47. The molecule has 0 spiro atoms. The number of benzene rings is 1. The van der Waals surface area contributed by atoms with E-state index < -0.39 is 11.4 Å². The summed E-state index contributed by atoms with van der Waals surface area (Å²) in [5, 5.41) is 18.4. The molecule has 0 aliphatic carbocycles. The van der Waals surface area contributed by atoms with E-state index in [1.807, 2.05) is 0 Å². The number of amidine groups is 1. The van der Waals surface area contributed by atoms with Crippen molar-refractivity contribution in [1.82, 2.24) is 5.32 Å². The van der Waals surface area contributed by atoms with Crippen molar-refractivity contribution in [3.05, 3.63) is 44.0 Å². The second kappa shape index (κ2) is 9.13. The molecule has 2 aromatic rings. The molecule has 2 fully saturated rings. The Labute approximate surface area is 195 Å². The minimum Gasteiger partial charge on any atom is -0.409 e. The summed E-state index contributed by atoms with van der Waals surface area (Å²) in [6.07, 6.45) is 0. The Morgan fingerprint density at radius 3 is 2.68 bits per heavy atom. The molecule has 12 heteroatoms. The van der Waals surface area contributed by atoms with Crippen LogP contribution in [0, 0.1) is 0 Å². The number of morpholine rings is 1. The predicted octanol–water partition coefficient (Wildman–Crippen LogP) is 2.93. The number of rotatable bonds is 5. The normalized spacial score (nSPS) is 19.0. The van der Waals surface area contributed by atoms with Crippen molar-refractivity contribution >= 4 is 67.9 Å². The van der Waals surface area contributed by atoms with Crippen LogP contribution in [0.2, 0.25) is 5.02 Å². The average Bonchev–Trinajstić information content (AvgIpc) is 3.17. The molecule has 0 radical (unpaired) electrons. The number of hydrogen-bond acceptors (Lipinski definition) is 7. The first kappa shape index (κ1) is 22.0. The minimum absolute atomic E-state index is 0.0764. The van der Waals surface area contributed by atoms with E-state index in [0.29, 0.717) is 40.3 Å². The maximum Gasteiger partial charge on any atom is 0.262 e. The molecule has 3 N–H and O–H groups in total. The van der Waals surface area contributed by atoms with Crippen molar-refractivity contribution in [1.29, 1.82) is 0 Å². The second-order valence-electron chi connectivity index (χ2n) is 6.97. The van der Waals surface area contributed by atoms with E-state index in [2.05, 4.69) is 31.7 Å². The third kappa shape index (κ3) is 4.55. The molecule has 164 valence electrons. The maximum absolute atomic E-state index is 13.0. The molecule has 2 aliphatic heterocycles. The number of nitrogens with zero attached hydrogens (tertiary/aromatic N) is 2. The van der Waals surface area contributed by atoms with Crippen molar-refractivity contribution in [2.75, 3.05) is 43.2 Å². The van der Waals surface area contributed by atoms with Gasteiger partial charge in [0, 0.05) is 12.2 Å². The van der Waals surface area contributed by atoms with Gasteiger partial charge in [0.2, 0.25) is 0 Å². The monoisotopic (exact) mass is 528 g/mol. The summed E-state index contributed by atoms with van der Waals surface area (Å²) in [5.74, 6) is -0.389. The number of oxime groups is 1. The molecule has 2 amide bonds. The minimum atomic E-state index is -1.15. The summed E-state index contributed by atoms with van der Waals surface area (Å²) in [4.78, 5) is 27.7. The summed E-state index contributed by atoms with van der Waals surface area (Å²) >= 11 is 11.0. The number of anilines is 2. The van der Waals surface area contributed by atoms with E-state index in [1.165, 1.54) is 11.3 Å². The smallest absolute Gasteiger partial charge is 0.262 e. The fraction of sp³-hybridized carbons (Fsp3) is 0.316. The van der Waals surface area contributed by atoms with Crippen molar-refractivity contribution in [2.45, 2.75) is 5.54 Å². The zero-order valence-electron chi connectivity index (χ0n) is 16.1. The first-order chi connectivity index (χ1) is 14.9. The van der Waals surface area contributed by atoms with Gasteiger partial charge in [-0.1, -0.05) is 16.8 Å². The van der Waals surface area contributed by atoms with Gasteiger partial charge in [0.1, 0.15) is 6.61 Å². The fourth-order valence-corrected chi connectivity index (χ4v) is 4.77. The van der Waals surface area contributed by atoms with Crippen LogP contribution in [0.4, 0.5) is 11.4 Å². The standard InChI is InChI=1S/C19H18BrClN4O5S/c20-15-4-3-14(31-15)17(26)23-19(9-30-10-19)18(27)22-11-1-2-13(12(21)7-11)25-5-6-29-8-16(25)24-28/h1-4,7,28H,5-6,8-10H2,(H,22,27)(H,23,26). The number of halogens is 2. The van der Waals surface area contributed by atoms with Crippen LogP contribution in [0.15, 0.2) is 39.3 Å². The number of amides is 2. The second-order valence-corrected chi connectivity index (χ2v) is 9.84. The average molecular weight is 530 g/mol. The molecule has 1 aromatic heterocycles. The van der Waals surface area contributed by atoms with Crippen molar-refractivity contribution < 1.29 is 24.3 Å².